The van der Waals surface area contributed by atoms with Gasteiger partial charge < -0.3 is 15.2 Å². The predicted molar refractivity (Wildman–Crippen MR) is 89.4 cm³/mol. The average Bonchev–Trinajstić information content (AvgIpc) is 2.53. The van der Waals surface area contributed by atoms with Crippen LogP contribution in [0.3, 0.4) is 0 Å². The van der Waals surface area contributed by atoms with Crippen molar-refractivity contribution in [3.63, 3.8) is 0 Å². The van der Waals surface area contributed by atoms with Crippen molar-refractivity contribution in [2.24, 2.45) is 0 Å². The van der Waals surface area contributed by atoms with Gasteiger partial charge in [-0.05, 0) is 42.8 Å². The second-order valence-electron chi connectivity index (χ2n) is 5.16. The molecule has 0 saturated carbocycles. The Labute approximate surface area is 129 Å². The number of nitrogen functional groups attached to an aromatic ring is 1. The van der Waals surface area contributed by atoms with Crippen molar-refractivity contribution in [3.8, 4) is 22.8 Å². The van der Waals surface area contributed by atoms with Crippen LogP contribution in [0.1, 0.15) is 5.56 Å². The van der Waals surface area contributed by atoms with E-state index < -0.39 is 0 Å². The number of nitrogens with two attached hydrogens (primary N) is 1. The van der Waals surface area contributed by atoms with Crippen LogP contribution in [-0.4, -0.2) is 19.2 Å². The maximum Gasteiger partial charge on any atom is 0.121 e. The van der Waals surface area contributed by atoms with E-state index >= 15 is 0 Å². The van der Waals surface area contributed by atoms with Gasteiger partial charge in [-0.3, -0.25) is 0 Å². The number of hydrogen-bond acceptors (Lipinski definition) is 4. The van der Waals surface area contributed by atoms with Crippen LogP contribution < -0.4 is 15.2 Å². The second-order valence-corrected chi connectivity index (χ2v) is 5.16. The van der Waals surface area contributed by atoms with Crippen molar-refractivity contribution in [2.75, 3.05) is 20.0 Å². The summed E-state index contributed by atoms with van der Waals surface area (Å²) in [6.45, 7) is 2.07. The van der Waals surface area contributed by atoms with Crippen molar-refractivity contribution >= 4 is 16.6 Å². The Morgan fingerprint density at radius 3 is 2.27 bits per heavy atom. The monoisotopic (exact) mass is 294 g/mol. The summed E-state index contributed by atoms with van der Waals surface area (Å²) in [6.07, 6.45) is 0. The van der Waals surface area contributed by atoms with Gasteiger partial charge in [0.05, 0.1) is 25.4 Å². The maximum absolute atomic E-state index is 6.13. The van der Waals surface area contributed by atoms with Gasteiger partial charge in [-0.2, -0.15) is 0 Å². The van der Waals surface area contributed by atoms with Gasteiger partial charge >= 0.3 is 0 Å². The summed E-state index contributed by atoms with van der Waals surface area (Å²) in [4.78, 5) is 4.73. The molecule has 3 aromatic rings. The fourth-order valence-electron chi connectivity index (χ4n) is 2.55. The van der Waals surface area contributed by atoms with E-state index in [0.29, 0.717) is 5.69 Å². The standard InChI is InChI=1S/C18H18N2O2/c1-11-8-17(15-7-5-12(21-2)9-16(15)19)20-18-10-13(22-3)4-6-14(11)18/h4-10H,19H2,1-3H3. The highest BCUT2D eigenvalue weighted by molar-refractivity contribution is 5.87. The van der Waals surface area contributed by atoms with E-state index in [-0.39, 0.29) is 0 Å². The number of hydrogen-bond donors (Lipinski definition) is 1. The maximum atomic E-state index is 6.13. The third-order valence-corrected chi connectivity index (χ3v) is 3.76. The van der Waals surface area contributed by atoms with E-state index in [0.717, 1.165) is 39.2 Å². The van der Waals surface area contributed by atoms with E-state index in [1.165, 1.54) is 0 Å². The number of pyridine rings is 1. The molecule has 1 aromatic heterocycles. The average molecular weight is 294 g/mol. The molecular formula is C18H18N2O2. The fourth-order valence-corrected chi connectivity index (χ4v) is 2.55. The summed E-state index contributed by atoms with van der Waals surface area (Å²) in [5.74, 6) is 1.53. The summed E-state index contributed by atoms with van der Waals surface area (Å²) in [6, 6.07) is 13.6. The molecule has 0 amide bonds. The van der Waals surface area contributed by atoms with Gasteiger partial charge in [-0.25, -0.2) is 4.98 Å². The Hall–Kier alpha value is -2.75. The molecule has 0 fully saturated rings. The van der Waals surface area contributed by atoms with Gasteiger partial charge in [-0.1, -0.05) is 0 Å². The van der Waals surface area contributed by atoms with Crippen LogP contribution in [0.15, 0.2) is 42.5 Å². The summed E-state index contributed by atoms with van der Waals surface area (Å²) in [5.41, 5.74) is 10.6. The molecule has 0 saturated heterocycles. The molecule has 0 unspecified atom stereocenters. The molecule has 0 bridgehead atoms. The first-order valence-corrected chi connectivity index (χ1v) is 7.01. The smallest absolute Gasteiger partial charge is 0.121 e. The number of nitrogens with zero attached hydrogens (tertiary/aromatic N) is 1. The van der Waals surface area contributed by atoms with E-state index in [1.807, 2.05) is 42.5 Å². The Morgan fingerprint density at radius 2 is 1.59 bits per heavy atom. The Morgan fingerprint density at radius 1 is 0.909 bits per heavy atom. The van der Waals surface area contributed by atoms with Crippen molar-refractivity contribution in [3.05, 3.63) is 48.0 Å². The van der Waals surface area contributed by atoms with Gasteiger partial charge in [0.15, 0.2) is 0 Å². The molecule has 112 valence electrons. The molecule has 0 aliphatic heterocycles. The van der Waals surface area contributed by atoms with E-state index in [4.69, 9.17) is 20.2 Å². The van der Waals surface area contributed by atoms with Crippen LogP contribution in [0, 0.1) is 6.92 Å². The van der Waals surface area contributed by atoms with Crippen LogP contribution in [0.25, 0.3) is 22.2 Å². The number of fused-ring (bicyclic) bond motifs is 1. The van der Waals surface area contributed by atoms with Crippen molar-refractivity contribution in [2.45, 2.75) is 6.92 Å². The first-order valence-electron chi connectivity index (χ1n) is 7.01. The van der Waals surface area contributed by atoms with E-state index in [2.05, 4.69) is 6.92 Å². The van der Waals surface area contributed by atoms with Gasteiger partial charge in [0.2, 0.25) is 0 Å². The third kappa shape index (κ3) is 2.44. The molecule has 3 rings (SSSR count). The van der Waals surface area contributed by atoms with Crippen LogP contribution >= 0.6 is 0 Å². The van der Waals surface area contributed by atoms with Crippen molar-refractivity contribution < 1.29 is 9.47 Å². The number of aromatic nitrogens is 1. The molecule has 0 aliphatic rings. The summed E-state index contributed by atoms with van der Waals surface area (Å²) in [7, 11) is 3.28. The zero-order valence-electron chi connectivity index (χ0n) is 12.9. The Bertz CT molecular complexity index is 844. The molecular weight excluding hydrogens is 276 g/mol. The molecule has 0 aliphatic carbocycles. The molecule has 0 atom stereocenters. The largest absolute Gasteiger partial charge is 0.497 e. The van der Waals surface area contributed by atoms with Crippen molar-refractivity contribution in [1.29, 1.82) is 0 Å². The molecule has 0 spiro atoms. The molecule has 1 heterocycles. The van der Waals surface area contributed by atoms with Crippen LogP contribution in [0.4, 0.5) is 5.69 Å². The van der Waals surface area contributed by atoms with Gasteiger partial charge in [0.1, 0.15) is 11.5 Å². The molecule has 4 heteroatoms. The zero-order valence-corrected chi connectivity index (χ0v) is 12.9. The van der Waals surface area contributed by atoms with Gasteiger partial charge in [0.25, 0.3) is 0 Å². The Kier molecular flexibility index (Phi) is 3.59. The summed E-state index contributed by atoms with van der Waals surface area (Å²) >= 11 is 0. The fraction of sp³-hybridized carbons (Fsp3) is 0.167. The molecule has 2 aromatic carbocycles. The van der Waals surface area contributed by atoms with Gasteiger partial charge in [0, 0.05) is 28.8 Å². The summed E-state index contributed by atoms with van der Waals surface area (Å²) < 4.78 is 10.5. The lowest BCUT2D eigenvalue weighted by Gasteiger charge is -2.11. The highest BCUT2D eigenvalue weighted by atomic mass is 16.5. The molecule has 2 N–H and O–H groups in total. The second kappa shape index (κ2) is 5.56. The molecule has 4 nitrogen and oxygen atoms in total. The highest BCUT2D eigenvalue weighted by Crippen LogP contribution is 2.31. The number of aryl methyl sites for hydroxylation is 1. The number of anilines is 1. The minimum Gasteiger partial charge on any atom is -0.497 e. The first kappa shape index (κ1) is 14.2. The summed E-state index contributed by atoms with van der Waals surface area (Å²) in [5, 5.41) is 1.11. The minimum absolute atomic E-state index is 0.647. The highest BCUT2D eigenvalue weighted by Gasteiger charge is 2.09. The number of ether oxygens (including phenoxy) is 2. The van der Waals surface area contributed by atoms with Crippen LogP contribution in [0.5, 0.6) is 11.5 Å². The lowest BCUT2D eigenvalue weighted by Crippen LogP contribution is -1.95. The predicted octanol–water partition coefficient (Wildman–Crippen LogP) is 3.81. The lowest BCUT2D eigenvalue weighted by atomic mass is 10.0. The van der Waals surface area contributed by atoms with Crippen molar-refractivity contribution in [1.82, 2.24) is 4.98 Å². The third-order valence-electron chi connectivity index (χ3n) is 3.76. The molecule has 0 radical (unpaired) electrons. The van der Waals surface area contributed by atoms with E-state index in [9.17, 15) is 0 Å². The number of rotatable bonds is 3. The molecule has 22 heavy (non-hydrogen) atoms. The van der Waals surface area contributed by atoms with E-state index in [1.54, 1.807) is 14.2 Å². The SMILES string of the molecule is COc1ccc(-c2cc(C)c3ccc(OC)cc3n2)c(N)c1. The first-order chi connectivity index (χ1) is 10.6. The quantitative estimate of drug-likeness (QED) is 0.746. The zero-order chi connectivity index (χ0) is 15.7. The normalized spacial score (nSPS) is 10.7. The number of methoxy groups -OCH3 is 2. The van der Waals surface area contributed by atoms with Crippen LogP contribution in [-0.2, 0) is 0 Å². The van der Waals surface area contributed by atoms with Crippen LogP contribution in [0.2, 0.25) is 0 Å². The Balaban J connectivity index is 2.18. The topological polar surface area (TPSA) is 57.4 Å². The lowest BCUT2D eigenvalue weighted by molar-refractivity contribution is 0.415. The minimum atomic E-state index is 0.647. The van der Waals surface area contributed by atoms with Gasteiger partial charge in [-0.15, -0.1) is 0 Å². The number of benzene rings is 2.